The second kappa shape index (κ2) is 7.45. The van der Waals surface area contributed by atoms with Gasteiger partial charge in [-0.3, -0.25) is 15.0 Å². The average Bonchev–Trinajstić information content (AvgIpc) is 2.65. The number of nitrogens with zero attached hydrogens (tertiary/aromatic N) is 1. The van der Waals surface area contributed by atoms with Crippen molar-refractivity contribution in [3.63, 3.8) is 0 Å². The number of hydrogen-bond donors (Lipinski definition) is 2. The Morgan fingerprint density at radius 1 is 1.11 bits per heavy atom. The van der Waals surface area contributed by atoms with E-state index in [1.807, 2.05) is 4.83 Å². The maximum atomic E-state index is 12.9. The number of hydrazine groups is 1. The molecule has 7 nitrogen and oxygen atoms in total. The molecule has 2 aromatic carbocycles. The van der Waals surface area contributed by atoms with Gasteiger partial charge in [-0.15, -0.1) is 4.83 Å². The van der Waals surface area contributed by atoms with E-state index >= 15 is 0 Å². The lowest BCUT2D eigenvalue weighted by molar-refractivity contribution is -0.116. The number of benzene rings is 2. The van der Waals surface area contributed by atoms with Gasteiger partial charge in [0.05, 0.1) is 4.90 Å². The molecule has 0 fully saturated rings. The largest absolute Gasteiger partial charge is 0.312 e. The standard InChI is InChI=1S/C18H18FN3O4S/c1-12(23)22-10-2-3-14-11-16(8-9-17(14)22)27(25,26)21-20-18(24)13-4-6-15(19)7-5-13/h4-9,11,21H,2-3,10H2,1H3,(H,20,24). The lowest BCUT2D eigenvalue weighted by Crippen LogP contribution is -2.41. The second-order valence-electron chi connectivity index (χ2n) is 6.13. The summed E-state index contributed by atoms with van der Waals surface area (Å²) in [6, 6.07) is 9.17. The van der Waals surface area contributed by atoms with Crippen LogP contribution in [0.2, 0.25) is 0 Å². The molecule has 0 spiro atoms. The number of sulfonamides is 1. The van der Waals surface area contributed by atoms with Crippen molar-refractivity contribution >= 4 is 27.5 Å². The number of anilines is 1. The Balaban J connectivity index is 1.76. The Hall–Kier alpha value is -2.78. The third kappa shape index (κ3) is 4.15. The summed E-state index contributed by atoms with van der Waals surface area (Å²) in [5, 5.41) is 0. The maximum Gasteiger partial charge on any atom is 0.266 e. The molecule has 0 aliphatic carbocycles. The lowest BCUT2D eigenvalue weighted by atomic mass is 10.0. The van der Waals surface area contributed by atoms with Crippen molar-refractivity contribution in [1.82, 2.24) is 10.3 Å². The van der Waals surface area contributed by atoms with Crippen LogP contribution in [0.3, 0.4) is 0 Å². The molecule has 2 aromatic rings. The number of aryl methyl sites for hydroxylation is 1. The Bertz CT molecular complexity index is 990. The molecule has 142 valence electrons. The SMILES string of the molecule is CC(=O)N1CCCc2cc(S(=O)(=O)NNC(=O)c3ccc(F)cc3)ccc21. The van der Waals surface area contributed by atoms with Crippen molar-refractivity contribution in [1.29, 1.82) is 0 Å². The lowest BCUT2D eigenvalue weighted by Gasteiger charge is -2.28. The van der Waals surface area contributed by atoms with E-state index in [9.17, 15) is 22.4 Å². The van der Waals surface area contributed by atoms with Gasteiger partial charge < -0.3 is 4.90 Å². The van der Waals surface area contributed by atoms with Gasteiger partial charge in [-0.2, -0.15) is 0 Å². The van der Waals surface area contributed by atoms with Crippen molar-refractivity contribution < 1.29 is 22.4 Å². The summed E-state index contributed by atoms with van der Waals surface area (Å²) in [5.41, 5.74) is 3.66. The summed E-state index contributed by atoms with van der Waals surface area (Å²) in [6.45, 7) is 2.06. The molecule has 0 saturated heterocycles. The smallest absolute Gasteiger partial charge is 0.266 e. The Labute approximate surface area is 156 Å². The van der Waals surface area contributed by atoms with Gasteiger partial charge in [-0.25, -0.2) is 12.8 Å². The van der Waals surface area contributed by atoms with Crippen molar-refractivity contribution in [3.8, 4) is 0 Å². The normalized spacial score (nSPS) is 13.8. The highest BCUT2D eigenvalue weighted by Crippen LogP contribution is 2.29. The Morgan fingerprint density at radius 2 is 1.81 bits per heavy atom. The quantitative estimate of drug-likeness (QED) is 0.776. The Kier molecular flexibility index (Phi) is 5.24. The van der Waals surface area contributed by atoms with Gasteiger partial charge in [0, 0.05) is 24.7 Å². The minimum absolute atomic E-state index is 0.0222. The van der Waals surface area contributed by atoms with Crippen LogP contribution in [0, 0.1) is 5.82 Å². The van der Waals surface area contributed by atoms with E-state index in [4.69, 9.17) is 0 Å². The molecule has 1 aliphatic heterocycles. The van der Waals surface area contributed by atoms with Crippen molar-refractivity contribution in [2.24, 2.45) is 0 Å². The molecule has 3 rings (SSSR count). The van der Waals surface area contributed by atoms with E-state index in [-0.39, 0.29) is 16.4 Å². The van der Waals surface area contributed by atoms with Gasteiger partial charge in [-0.1, -0.05) is 0 Å². The van der Waals surface area contributed by atoms with Crippen LogP contribution in [0.5, 0.6) is 0 Å². The van der Waals surface area contributed by atoms with Crippen LogP contribution in [0.4, 0.5) is 10.1 Å². The molecular weight excluding hydrogens is 373 g/mol. The van der Waals surface area contributed by atoms with E-state index in [1.54, 1.807) is 11.0 Å². The van der Waals surface area contributed by atoms with E-state index in [0.29, 0.717) is 18.7 Å². The fourth-order valence-electron chi connectivity index (χ4n) is 2.91. The summed E-state index contributed by atoms with van der Waals surface area (Å²) in [5.74, 6) is -1.31. The minimum Gasteiger partial charge on any atom is -0.312 e. The molecule has 0 atom stereocenters. The van der Waals surface area contributed by atoms with Gasteiger partial charge in [0.2, 0.25) is 5.91 Å². The van der Waals surface area contributed by atoms with Crippen LogP contribution >= 0.6 is 0 Å². The van der Waals surface area contributed by atoms with Crippen LogP contribution in [-0.4, -0.2) is 26.8 Å². The molecule has 2 N–H and O–H groups in total. The van der Waals surface area contributed by atoms with Crippen LogP contribution in [0.15, 0.2) is 47.4 Å². The van der Waals surface area contributed by atoms with Gasteiger partial charge in [0.1, 0.15) is 5.82 Å². The van der Waals surface area contributed by atoms with E-state index in [0.717, 1.165) is 24.1 Å². The van der Waals surface area contributed by atoms with Crippen LogP contribution in [0.25, 0.3) is 0 Å². The average molecular weight is 391 g/mol. The third-order valence-corrected chi connectivity index (χ3v) is 5.51. The first kappa shape index (κ1) is 19.0. The summed E-state index contributed by atoms with van der Waals surface area (Å²) in [7, 11) is -4.00. The molecule has 1 heterocycles. The number of halogens is 1. The van der Waals surface area contributed by atoms with Crippen molar-refractivity contribution in [2.75, 3.05) is 11.4 Å². The molecule has 0 aromatic heterocycles. The first-order valence-electron chi connectivity index (χ1n) is 8.27. The molecule has 2 amide bonds. The van der Waals surface area contributed by atoms with Crippen LogP contribution < -0.4 is 15.2 Å². The van der Waals surface area contributed by atoms with Crippen LogP contribution in [-0.2, 0) is 21.2 Å². The predicted octanol–water partition coefficient (Wildman–Crippen LogP) is 1.75. The summed E-state index contributed by atoms with van der Waals surface area (Å²) in [4.78, 5) is 27.3. The third-order valence-electron chi connectivity index (χ3n) is 4.27. The highest BCUT2D eigenvalue weighted by molar-refractivity contribution is 7.89. The van der Waals surface area contributed by atoms with Gasteiger partial charge in [-0.05, 0) is 60.9 Å². The zero-order valence-electron chi connectivity index (χ0n) is 14.5. The molecule has 27 heavy (non-hydrogen) atoms. The number of rotatable bonds is 4. The van der Waals surface area contributed by atoms with Gasteiger partial charge in [0.25, 0.3) is 15.9 Å². The first-order valence-corrected chi connectivity index (χ1v) is 9.75. The predicted molar refractivity (Wildman–Crippen MR) is 97.0 cm³/mol. The monoisotopic (exact) mass is 391 g/mol. The van der Waals surface area contributed by atoms with Gasteiger partial charge >= 0.3 is 0 Å². The molecule has 9 heteroatoms. The fourth-order valence-corrected chi connectivity index (χ4v) is 3.80. The van der Waals surface area contributed by atoms with Crippen LogP contribution in [0.1, 0.15) is 29.3 Å². The number of fused-ring (bicyclic) bond motifs is 1. The minimum atomic E-state index is -4.00. The molecule has 0 bridgehead atoms. The second-order valence-corrected chi connectivity index (χ2v) is 7.81. The van der Waals surface area contributed by atoms with E-state index in [2.05, 4.69) is 5.43 Å². The maximum absolute atomic E-state index is 12.9. The number of hydrogen-bond acceptors (Lipinski definition) is 4. The van der Waals surface area contributed by atoms with Crippen molar-refractivity contribution in [3.05, 3.63) is 59.4 Å². The van der Waals surface area contributed by atoms with E-state index < -0.39 is 21.7 Å². The zero-order chi connectivity index (χ0) is 19.6. The van der Waals surface area contributed by atoms with Gasteiger partial charge in [0.15, 0.2) is 0 Å². The summed E-state index contributed by atoms with van der Waals surface area (Å²) >= 11 is 0. The first-order chi connectivity index (χ1) is 12.8. The molecular formula is C18H18FN3O4S. The number of carbonyl (C=O) groups excluding carboxylic acids is 2. The molecule has 0 unspecified atom stereocenters. The molecule has 1 aliphatic rings. The number of amides is 2. The number of nitrogens with one attached hydrogen (secondary N) is 2. The number of carbonyl (C=O) groups is 2. The molecule has 0 radical (unpaired) electrons. The summed E-state index contributed by atoms with van der Waals surface area (Å²) in [6.07, 6.45) is 1.40. The topological polar surface area (TPSA) is 95.6 Å². The highest BCUT2D eigenvalue weighted by Gasteiger charge is 2.23. The van der Waals surface area contributed by atoms with Crippen molar-refractivity contribution in [2.45, 2.75) is 24.7 Å². The zero-order valence-corrected chi connectivity index (χ0v) is 15.3. The Morgan fingerprint density at radius 3 is 2.48 bits per heavy atom. The molecule has 0 saturated carbocycles. The van der Waals surface area contributed by atoms with E-state index in [1.165, 1.54) is 31.2 Å². The summed E-state index contributed by atoms with van der Waals surface area (Å²) < 4.78 is 37.8. The highest BCUT2D eigenvalue weighted by atomic mass is 32.2. The fraction of sp³-hybridized carbons (Fsp3) is 0.222.